The van der Waals surface area contributed by atoms with Crippen molar-refractivity contribution in [2.45, 2.75) is 51.4 Å². The molecule has 2 fully saturated rings. The van der Waals surface area contributed by atoms with Crippen molar-refractivity contribution in [3.63, 3.8) is 0 Å². The number of ketones is 1. The average Bonchev–Trinajstić information content (AvgIpc) is 2.91. The molecule has 2 heteroatoms. The Labute approximate surface area is 109 Å². The van der Waals surface area contributed by atoms with Crippen LogP contribution in [0.15, 0.2) is 22.8 Å². The molecule has 98 valence electrons. The number of carbonyl (C=O) groups excluding carboxylic acids is 1. The van der Waals surface area contributed by atoms with Crippen molar-refractivity contribution in [3.05, 3.63) is 24.2 Å². The second-order valence-electron chi connectivity index (χ2n) is 6.04. The summed E-state index contributed by atoms with van der Waals surface area (Å²) in [5.41, 5.74) is 0. The molecule has 0 saturated heterocycles. The number of hydrogen-bond acceptors (Lipinski definition) is 2. The average molecular weight is 246 g/mol. The predicted octanol–water partition coefficient (Wildman–Crippen LogP) is 4.00. The van der Waals surface area contributed by atoms with Gasteiger partial charge in [-0.3, -0.25) is 4.79 Å². The normalized spacial score (nSPS) is 31.9. The standard InChI is InChI=1S/C16H22O2/c17-16(11-15-6-3-9-18-15)14-8-7-12-4-1-2-5-13(12)10-14/h3,6,9,12-14H,1-2,4-5,7-8,10-11H2. The zero-order valence-corrected chi connectivity index (χ0v) is 10.9. The molecule has 1 aromatic rings. The zero-order chi connectivity index (χ0) is 12.4. The van der Waals surface area contributed by atoms with E-state index in [9.17, 15) is 4.79 Å². The van der Waals surface area contributed by atoms with Gasteiger partial charge in [0.25, 0.3) is 0 Å². The highest BCUT2D eigenvalue weighted by atomic mass is 16.3. The lowest BCUT2D eigenvalue weighted by atomic mass is 9.66. The van der Waals surface area contributed by atoms with E-state index in [2.05, 4.69) is 0 Å². The molecule has 0 spiro atoms. The van der Waals surface area contributed by atoms with E-state index in [1.54, 1.807) is 6.26 Å². The summed E-state index contributed by atoms with van der Waals surface area (Å²) in [5, 5.41) is 0. The summed E-state index contributed by atoms with van der Waals surface area (Å²) < 4.78 is 5.28. The van der Waals surface area contributed by atoms with Crippen LogP contribution in [0.5, 0.6) is 0 Å². The Morgan fingerprint density at radius 2 is 2.00 bits per heavy atom. The van der Waals surface area contributed by atoms with Crippen molar-refractivity contribution < 1.29 is 9.21 Å². The lowest BCUT2D eigenvalue weighted by Gasteiger charge is -2.38. The second kappa shape index (κ2) is 5.29. The minimum absolute atomic E-state index is 0.300. The van der Waals surface area contributed by atoms with Crippen LogP contribution in [-0.2, 0) is 11.2 Å². The molecule has 0 aromatic carbocycles. The van der Waals surface area contributed by atoms with Crippen LogP contribution in [0.25, 0.3) is 0 Å². The van der Waals surface area contributed by atoms with Gasteiger partial charge >= 0.3 is 0 Å². The van der Waals surface area contributed by atoms with E-state index in [1.165, 1.54) is 32.1 Å². The van der Waals surface area contributed by atoms with Crippen LogP contribution >= 0.6 is 0 Å². The van der Waals surface area contributed by atoms with E-state index >= 15 is 0 Å². The van der Waals surface area contributed by atoms with Crippen molar-refractivity contribution in [2.24, 2.45) is 17.8 Å². The SMILES string of the molecule is O=C(Cc1ccco1)C1CCC2CCCCC2C1. The molecule has 1 heterocycles. The molecule has 3 rings (SSSR count). The van der Waals surface area contributed by atoms with Gasteiger partial charge < -0.3 is 4.42 Å². The maximum atomic E-state index is 12.3. The molecule has 0 aliphatic heterocycles. The summed E-state index contributed by atoms with van der Waals surface area (Å²) in [4.78, 5) is 12.3. The molecular formula is C16H22O2. The maximum absolute atomic E-state index is 12.3. The van der Waals surface area contributed by atoms with Gasteiger partial charge in [0.15, 0.2) is 0 Å². The van der Waals surface area contributed by atoms with Crippen LogP contribution in [0.3, 0.4) is 0 Å². The number of rotatable bonds is 3. The van der Waals surface area contributed by atoms with Crippen molar-refractivity contribution in [2.75, 3.05) is 0 Å². The fourth-order valence-electron chi connectivity index (χ4n) is 3.90. The van der Waals surface area contributed by atoms with Crippen LogP contribution in [0.2, 0.25) is 0 Å². The van der Waals surface area contributed by atoms with Crippen molar-refractivity contribution in [1.82, 2.24) is 0 Å². The second-order valence-corrected chi connectivity index (χ2v) is 6.04. The Hall–Kier alpha value is -1.05. The smallest absolute Gasteiger partial charge is 0.143 e. The summed E-state index contributed by atoms with van der Waals surface area (Å²) in [6, 6.07) is 3.77. The van der Waals surface area contributed by atoms with E-state index in [0.717, 1.165) is 30.4 Å². The van der Waals surface area contributed by atoms with Gasteiger partial charge in [0.1, 0.15) is 11.5 Å². The van der Waals surface area contributed by atoms with Gasteiger partial charge in [-0.15, -0.1) is 0 Å². The van der Waals surface area contributed by atoms with E-state index in [-0.39, 0.29) is 0 Å². The summed E-state index contributed by atoms with van der Waals surface area (Å²) in [6.07, 6.45) is 11.2. The minimum atomic E-state index is 0.300. The largest absolute Gasteiger partial charge is 0.469 e. The van der Waals surface area contributed by atoms with Crippen molar-refractivity contribution in [1.29, 1.82) is 0 Å². The van der Waals surface area contributed by atoms with Crippen LogP contribution in [0, 0.1) is 17.8 Å². The van der Waals surface area contributed by atoms with Crippen LogP contribution in [0.4, 0.5) is 0 Å². The van der Waals surface area contributed by atoms with Gasteiger partial charge in [0.2, 0.25) is 0 Å². The number of fused-ring (bicyclic) bond motifs is 1. The predicted molar refractivity (Wildman–Crippen MR) is 70.2 cm³/mol. The number of carbonyl (C=O) groups is 1. The first-order valence-corrected chi connectivity index (χ1v) is 7.38. The highest BCUT2D eigenvalue weighted by Crippen LogP contribution is 2.43. The van der Waals surface area contributed by atoms with Gasteiger partial charge in [0, 0.05) is 5.92 Å². The summed E-state index contributed by atoms with van der Waals surface area (Å²) in [7, 11) is 0. The first-order chi connectivity index (χ1) is 8.83. The van der Waals surface area contributed by atoms with E-state index in [0.29, 0.717) is 18.1 Å². The van der Waals surface area contributed by atoms with E-state index in [4.69, 9.17) is 4.42 Å². The van der Waals surface area contributed by atoms with Gasteiger partial charge in [-0.25, -0.2) is 0 Å². The molecule has 0 radical (unpaired) electrons. The molecule has 0 amide bonds. The number of Topliss-reactive ketones (excluding diaryl/α,β-unsaturated/α-hetero) is 1. The molecule has 18 heavy (non-hydrogen) atoms. The monoisotopic (exact) mass is 246 g/mol. The highest BCUT2D eigenvalue weighted by Gasteiger charge is 2.34. The Balaban J connectivity index is 1.58. The molecule has 3 unspecified atom stereocenters. The Morgan fingerprint density at radius 3 is 2.78 bits per heavy atom. The molecule has 3 atom stereocenters. The van der Waals surface area contributed by atoms with Crippen LogP contribution in [0.1, 0.15) is 50.7 Å². The third-order valence-electron chi connectivity index (χ3n) is 4.92. The van der Waals surface area contributed by atoms with Crippen molar-refractivity contribution in [3.8, 4) is 0 Å². The Kier molecular flexibility index (Phi) is 3.53. The third-order valence-corrected chi connectivity index (χ3v) is 4.92. The number of furan rings is 1. The van der Waals surface area contributed by atoms with Gasteiger partial charge in [-0.1, -0.05) is 25.7 Å². The molecule has 1 aromatic heterocycles. The molecule has 2 aliphatic carbocycles. The quantitative estimate of drug-likeness (QED) is 0.807. The maximum Gasteiger partial charge on any atom is 0.143 e. The van der Waals surface area contributed by atoms with Crippen molar-refractivity contribution >= 4 is 5.78 Å². The fraction of sp³-hybridized carbons (Fsp3) is 0.688. The van der Waals surface area contributed by atoms with Crippen LogP contribution < -0.4 is 0 Å². The van der Waals surface area contributed by atoms with Gasteiger partial charge in [0.05, 0.1) is 12.7 Å². The first kappa shape index (κ1) is 12.0. The highest BCUT2D eigenvalue weighted by molar-refractivity contribution is 5.82. The van der Waals surface area contributed by atoms with E-state index < -0.39 is 0 Å². The Morgan fingerprint density at radius 1 is 1.17 bits per heavy atom. The van der Waals surface area contributed by atoms with Gasteiger partial charge in [-0.05, 0) is 43.2 Å². The lowest BCUT2D eigenvalue weighted by molar-refractivity contribution is -0.124. The fourth-order valence-corrected chi connectivity index (χ4v) is 3.90. The van der Waals surface area contributed by atoms with E-state index in [1.807, 2.05) is 12.1 Å². The van der Waals surface area contributed by atoms with Crippen LogP contribution in [-0.4, -0.2) is 5.78 Å². The molecule has 2 nitrogen and oxygen atoms in total. The third kappa shape index (κ3) is 2.52. The lowest BCUT2D eigenvalue weighted by Crippen LogP contribution is -2.31. The summed E-state index contributed by atoms with van der Waals surface area (Å²) >= 11 is 0. The summed E-state index contributed by atoms with van der Waals surface area (Å²) in [5.74, 6) is 3.28. The minimum Gasteiger partial charge on any atom is -0.469 e. The summed E-state index contributed by atoms with van der Waals surface area (Å²) in [6.45, 7) is 0. The molecular weight excluding hydrogens is 224 g/mol. The number of hydrogen-bond donors (Lipinski definition) is 0. The molecule has 0 N–H and O–H groups in total. The van der Waals surface area contributed by atoms with Gasteiger partial charge in [-0.2, -0.15) is 0 Å². The molecule has 2 saturated carbocycles. The topological polar surface area (TPSA) is 30.2 Å². The first-order valence-electron chi connectivity index (χ1n) is 7.38. The molecule has 0 bridgehead atoms. The molecule has 2 aliphatic rings. The Bertz CT molecular complexity index is 393. The zero-order valence-electron chi connectivity index (χ0n) is 10.9.